The van der Waals surface area contributed by atoms with E-state index in [-0.39, 0.29) is 22.0 Å². The fourth-order valence-corrected chi connectivity index (χ4v) is 3.47. The number of H-pyrrole nitrogens is 1. The Labute approximate surface area is 155 Å². The molecule has 0 spiro atoms. The number of aromatic hydroxyl groups is 1. The summed E-state index contributed by atoms with van der Waals surface area (Å²) < 4.78 is 28.7. The second-order valence-corrected chi connectivity index (χ2v) is 7.83. The van der Waals surface area contributed by atoms with Gasteiger partial charge in [-0.15, -0.1) is 5.11 Å². The minimum Gasteiger partial charge on any atom is -0.493 e. The summed E-state index contributed by atoms with van der Waals surface area (Å²) in [6.45, 7) is 0. The average Bonchev–Trinajstić information content (AvgIpc) is 2.88. The maximum Gasteiger partial charge on any atom is 0.335 e. The topological polar surface area (TPSA) is 132 Å². The van der Waals surface area contributed by atoms with Gasteiger partial charge in [0.15, 0.2) is 5.69 Å². The number of aromatic nitrogens is 1. The zero-order chi connectivity index (χ0) is 18.2. The van der Waals surface area contributed by atoms with Gasteiger partial charge in [0.05, 0.1) is 16.0 Å². The summed E-state index contributed by atoms with van der Waals surface area (Å²) >= 11 is 2.08. The van der Waals surface area contributed by atoms with Crippen LogP contribution < -0.4 is 0 Å². The number of hydrogen-bond donors (Lipinski definition) is 3. The van der Waals surface area contributed by atoms with Crippen LogP contribution in [0.1, 0.15) is 10.4 Å². The number of aromatic amines is 1. The number of carboxylic acids is 1. The molecule has 8 nitrogen and oxygen atoms in total. The van der Waals surface area contributed by atoms with Gasteiger partial charge in [-0.2, -0.15) is 8.42 Å². The molecule has 0 aliphatic heterocycles. The molecule has 1 heterocycles. The van der Waals surface area contributed by atoms with Gasteiger partial charge < -0.3 is 15.2 Å². The van der Waals surface area contributed by atoms with Crippen LogP contribution in [-0.4, -0.2) is 29.6 Å². The van der Waals surface area contributed by atoms with E-state index in [1.165, 1.54) is 18.2 Å². The molecule has 0 bridgehead atoms. The van der Waals surface area contributed by atoms with Crippen molar-refractivity contribution in [2.75, 3.05) is 0 Å². The molecule has 3 N–H and O–H groups in total. The molecule has 2 aromatic carbocycles. The average molecular weight is 471 g/mol. The van der Waals surface area contributed by atoms with Crippen molar-refractivity contribution in [1.82, 2.24) is 4.98 Å². The zero-order valence-corrected chi connectivity index (χ0v) is 15.3. The van der Waals surface area contributed by atoms with Crippen molar-refractivity contribution in [2.24, 2.45) is 9.63 Å². The maximum atomic E-state index is 12.3. The van der Waals surface area contributed by atoms with Gasteiger partial charge in [0.2, 0.25) is 5.88 Å². The third kappa shape index (κ3) is 3.49. The molecule has 0 saturated heterocycles. The molecule has 0 unspecified atom stereocenters. The summed E-state index contributed by atoms with van der Waals surface area (Å²) in [4.78, 5) is 13.3. The van der Waals surface area contributed by atoms with E-state index < -0.39 is 16.0 Å². The quantitative estimate of drug-likeness (QED) is 0.395. The van der Waals surface area contributed by atoms with Crippen LogP contribution in [0.25, 0.3) is 10.9 Å². The van der Waals surface area contributed by atoms with Gasteiger partial charge in [-0.3, -0.25) is 0 Å². The van der Waals surface area contributed by atoms with Crippen LogP contribution in [0.3, 0.4) is 0 Å². The molecule has 0 fully saturated rings. The Morgan fingerprint density at radius 3 is 2.64 bits per heavy atom. The molecule has 1 aromatic heterocycles. The Kier molecular flexibility index (Phi) is 4.47. The van der Waals surface area contributed by atoms with E-state index in [1.54, 1.807) is 12.1 Å². The van der Waals surface area contributed by atoms with Gasteiger partial charge in [0.25, 0.3) is 10.0 Å². The lowest BCUT2D eigenvalue weighted by Crippen LogP contribution is -2.00. The van der Waals surface area contributed by atoms with Gasteiger partial charge in [0.1, 0.15) is 0 Å². The van der Waals surface area contributed by atoms with Crippen molar-refractivity contribution in [1.29, 1.82) is 0 Å². The van der Waals surface area contributed by atoms with Crippen molar-refractivity contribution in [2.45, 2.75) is 4.90 Å². The minimum absolute atomic E-state index is 0.00789. The van der Waals surface area contributed by atoms with Crippen LogP contribution in [0.4, 0.5) is 5.69 Å². The summed E-state index contributed by atoms with van der Waals surface area (Å²) in [6.07, 6.45) is 0. The fraction of sp³-hybridized carbons (Fsp3) is 0. The zero-order valence-electron chi connectivity index (χ0n) is 12.3. The monoisotopic (exact) mass is 471 g/mol. The number of halogens is 1. The predicted octanol–water partition coefficient (Wildman–Crippen LogP) is 3.65. The highest BCUT2D eigenvalue weighted by atomic mass is 127. The van der Waals surface area contributed by atoms with Gasteiger partial charge in [0, 0.05) is 8.96 Å². The molecule has 10 heteroatoms. The Balaban J connectivity index is 2.04. The first kappa shape index (κ1) is 17.4. The lowest BCUT2D eigenvalue weighted by Gasteiger charge is -1.99. The third-order valence-electron chi connectivity index (χ3n) is 3.34. The highest BCUT2D eigenvalue weighted by Crippen LogP contribution is 2.36. The highest BCUT2D eigenvalue weighted by Gasteiger charge is 2.17. The Hall–Kier alpha value is -2.47. The van der Waals surface area contributed by atoms with E-state index >= 15 is 0 Å². The molecule has 128 valence electrons. The van der Waals surface area contributed by atoms with Crippen LogP contribution in [0.5, 0.6) is 5.88 Å². The van der Waals surface area contributed by atoms with Crippen molar-refractivity contribution in [3.63, 3.8) is 0 Å². The first-order valence-electron chi connectivity index (χ1n) is 6.79. The number of carbonyl (C=O) groups is 1. The van der Waals surface area contributed by atoms with E-state index in [0.717, 1.165) is 9.64 Å². The molecule has 3 aromatic rings. The van der Waals surface area contributed by atoms with E-state index in [9.17, 15) is 18.3 Å². The normalized spacial score (nSPS) is 12.0. The number of benzene rings is 2. The summed E-state index contributed by atoms with van der Waals surface area (Å²) in [6, 6.07) is 10.0. The number of sulfonamides is 1. The molecule has 25 heavy (non-hydrogen) atoms. The van der Waals surface area contributed by atoms with Crippen LogP contribution in [0.2, 0.25) is 0 Å². The number of hydrogen-bond acceptors (Lipinski definition) is 5. The van der Waals surface area contributed by atoms with Crippen LogP contribution in [0.15, 0.2) is 57.0 Å². The van der Waals surface area contributed by atoms with Gasteiger partial charge in [-0.25, -0.2) is 4.79 Å². The minimum atomic E-state index is -4.22. The Morgan fingerprint density at radius 1 is 1.16 bits per heavy atom. The van der Waals surface area contributed by atoms with Gasteiger partial charge >= 0.3 is 5.97 Å². The van der Waals surface area contributed by atoms with E-state index in [1.807, 2.05) is 6.07 Å². The lowest BCUT2D eigenvalue weighted by molar-refractivity contribution is 0.0696. The van der Waals surface area contributed by atoms with E-state index in [4.69, 9.17) is 5.11 Å². The standard InChI is InChI=1S/C15H10IN3O5S/c16-9-4-5-12-11(7-9)13(14(20)17-12)18-19-25(23,24)10-3-1-2-8(6-10)15(21)22/h1-7,17,20H,(H,21,22). The smallest absolute Gasteiger partial charge is 0.335 e. The number of nitrogens with zero attached hydrogens (tertiary/aromatic N) is 2. The third-order valence-corrected chi connectivity index (χ3v) is 5.16. The summed E-state index contributed by atoms with van der Waals surface area (Å²) in [7, 11) is -4.22. The number of fused-ring (bicyclic) bond motifs is 1. The summed E-state index contributed by atoms with van der Waals surface area (Å²) in [5, 5.41) is 23.1. The second-order valence-electron chi connectivity index (χ2n) is 5.00. The number of carboxylic acid groups (broad SMARTS) is 1. The molecule has 0 atom stereocenters. The molecular formula is C15H10IN3O5S. The van der Waals surface area contributed by atoms with Crippen LogP contribution in [-0.2, 0) is 10.0 Å². The number of aromatic carboxylic acids is 1. The Morgan fingerprint density at radius 2 is 1.92 bits per heavy atom. The molecule has 0 amide bonds. The molecule has 0 radical (unpaired) electrons. The van der Waals surface area contributed by atoms with Gasteiger partial charge in [-0.05, 0) is 59.0 Å². The SMILES string of the molecule is O=C(O)c1cccc(S(=O)(=O)N=Nc2c(O)[nH]c3ccc(I)cc23)c1. The largest absolute Gasteiger partial charge is 0.493 e. The number of nitrogens with one attached hydrogen (secondary N) is 1. The first-order valence-corrected chi connectivity index (χ1v) is 9.31. The molecule has 3 rings (SSSR count). The maximum absolute atomic E-state index is 12.3. The molecule has 0 aliphatic rings. The molecule has 0 saturated carbocycles. The lowest BCUT2D eigenvalue weighted by atomic mass is 10.2. The van der Waals surface area contributed by atoms with E-state index in [0.29, 0.717) is 10.9 Å². The predicted molar refractivity (Wildman–Crippen MR) is 97.8 cm³/mol. The Bertz CT molecular complexity index is 1120. The van der Waals surface area contributed by atoms with Crippen molar-refractivity contribution >= 4 is 55.2 Å². The van der Waals surface area contributed by atoms with Crippen molar-refractivity contribution < 1.29 is 23.4 Å². The second kappa shape index (κ2) is 6.44. The highest BCUT2D eigenvalue weighted by molar-refractivity contribution is 14.1. The summed E-state index contributed by atoms with van der Waals surface area (Å²) in [5.41, 5.74) is 0.393. The van der Waals surface area contributed by atoms with Gasteiger partial charge in [-0.1, -0.05) is 10.6 Å². The van der Waals surface area contributed by atoms with Crippen LogP contribution >= 0.6 is 22.6 Å². The van der Waals surface area contributed by atoms with Crippen molar-refractivity contribution in [3.05, 3.63) is 51.6 Å². The fourth-order valence-electron chi connectivity index (χ4n) is 2.17. The van der Waals surface area contributed by atoms with Crippen LogP contribution in [0, 0.1) is 3.57 Å². The number of rotatable bonds is 4. The van der Waals surface area contributed by atoms with E-state index in [2.05, 4.69) is 37.2 Å². The first-order chi connectivity index (χ1) is 11.8. The molecular weight excluding hydrogens is 461 g/mol. The molecule has 0 aliphatic carbocycles. The van der Waals surface area contributed by atoms with Crippen molar-refractivity contribution in [3.8, 4) is 5.88 Å². The summed E-state index contributed by atoms with van der Waals surface area (Å²) in [5.74, 6) is -1.56.